The largest absolute Gasteiger partial charge is 0.337 e. The van der Waals surface area contributed by atoms with Crippen LogP contribution in [-0.2, 0) is 4.79 Å². The molecule has 1 aliphatic carbocycles. The van der Waals surface area contributed by atoms with Crippen LogP contribution in [0.15, 0.2) is 29.4 Å². The van der Waals surface area contributed by atoms with Gasteiger partial charge in [0.15, 0.2) is 5.16 Å². The van der Waals surface area contributed by atoms with E-state index in [4.69, 9.17) is 0 Å². The number of aryl methyl sites for hydroxylation is 2. The van der Waals surface area contributed by atoms with Gasteiger partial charge in [0.25, 0.3) is 0 Å². The van der Waals surface area contributed by atoms with Crippen molar-refractivity contribution in [2.75, 3.05) is 0 Å². The smallest absolute Gasteiger partial charge is 0.234 e. The number of hydrogen-bond acceptors (Lipinski definition) is 5. The predicted octanol–water partition coefficient (Wildman–Crippen LogP) is 3.71. The molecular weight excluding hydrogens is 358 g/mol. The number of carbonyl (C=O) groups excluding carboxylic acids is 1. The van der Waals surface area contributed by atoms with Crippen molar-refractivity contribution >= 4 is 17.7 Å². The van der Waals surface area contributed by atoms with Crippen molar-refractivity contribution in [3.05, 3.63) is 35.7 Å². The third-order valence-corrected chi connectivity index (χ3v) is 6.07. The molecule has 1 aromatic carbocycles. The van der Waals surface area contributed by atoms with Crippen LogP contribution in [0.25, 0.3) is 5.69 Å². The Hall–Kier alpha value is -2.33. The van der Waals surface area contributed by atoms with Gasteiger partial charge in [-0.2, -0.15) is 5.26 Å². The summed E-state index contributed by atoms with van der Waals surface area (Å²) < 4.78 is 1.95. The van der Waals surface area contributed by atoms with Gasteiger partial charge in [-0.15, -0.1) is 10.2 Å². The number of carbonyl (C=O) groups is 1. The highest BCUT2D eigenvalue weighted by molar-refractivity contribution is 8.00. The van der Waals surface area contributed by atoms with Crippen molar-refractivity contribution in [1.82, 2.24) is 20.1 Å². The zero-order valence-electron chi connectivity index (χ0n) is 16.0. The maximum Gasteiger partial charge on any atom is 0.234 e. The first kappa shape index (κ1) is 19.4. The lowest BCUT2D eigenvalue weighted by Gasteiger charge is -2.32. The molecule has 3 rings (SSSR count). The molecule has 1 aromatic heterocycles. The lowest BCUT2D eigenvalue weighted by molar-refractivity contribution is -0.121. The summed E-state index contributed by atoms with van der Waals surface area (Å²) in [6.45, 7) is 5.78. The van der Waals surface area contributed by atoms with E-state index in [1.54, 1.807) is 0 Å². The summed E-state index contributed by atoms with van der Waals surface area (Å²) in [5, 5.41) is 21.3. The van der Waals surface area contributed by atoms with Crippen molar-refractivity contribution < 1.29 is 4.79 Å². The third kappa shape index (κ3) is 4.33. The average molecular weight is 384 g/mol. The third-order valence-electron chi connectivity index (χ3n) is 5.02. The Kier molecular flexibility index (Phi) is 5.85. The summed E-state index contributed by atoms with van der Waals surface area (Å²) in [6.07, 6.45) is 4.55. The number of nitrogens with one attached hydrogen (secondary N) is 1. The molecule has 1 saturated carbocycles. The van der Waals surface area contributed by atoms with Gasteiger partial charge in [0.05, 0.1) is 11.3 Å². The van der Waals surface area contributed by atoms with E-state index in [0.717, 1.165) is 43.6 Å². The second kappa shape index (κ2) is 8.13. The van der Waals surface area contributed by atoms with Gasteiger partial charge in [-0.3, -0.25) is 9.36 Å². The van der Waals surface area contributed by atoms with Gasteiger partial charge in [-0.25, -0.2) is 0 Å². The van der Waals surface area contributed by atoms with Crippen LogP contribution in [0.1, 0.15) is 50.4 Å². The number of benzene rings is 1. The summed E-state index contributed by atoms with van der Waals surface area (Å²) in [4.78, 5) is 12.7. The van der Waals surface area contributed by atoms with Crippen LogP contribution in [0.4, 0.5) is 0 Å². The zero-order chi connectivity index (χ0) is 19.4. The van der Waals surface area contributed by atoms with E-state index >= 15 is 0 Å². The van der Waals surface area contributed by atoms with Crippen molar-refractivity contribution in [2.45, 2.75) is 68.8 Å². The minimum atomic E-state index is -0.718. The van der Waals surface area contributed by atoms with Crippen molar-refractivity contribution in [1.29, 1.82) is 5.26 Å². The van der Waals surface area contributed by atoms with E-state index < -0.39 is 5.54 Å². The van der Waals surface area contributed by atoms with E-state index in [0.29, 0.717) is 5.16 Å². The molecule has 0 spiro atoms. The minimum Gasteiger partial charge on any atom is -0.337 e. The second-order valence-corrected chi connectivity index (χ2v) is 8.51. The number of nitriles is 1. The quantitative estimate of drug-likeness (QED) is 0.796. The van der Waals surface area contributed by atoms with Gasteiger partial charge >= 0.3 is 0 Å². The minimum absolute atomic E-state index is 0.125. The van der Waals surface area contributed by atoms with Gasteiger partial charge in [-0.1, -0.05) is 48.7 Å². The summed E-state index contributed by atoms with van der Waals surface area (Å²) in [5.74, 6) is 0.647. The normalized spacial score (nSPS) is 17.1. The van der Waals surface area contributed by atoms with Crippen LogP contribution in [0.2, 0.25) is 0 Å². The average Bonchev–Trinajstić information content (AvgIpc) is 3.03. The SMILES string of the molecule is Cc1ccc(-n2c(C)nnc2SC(C)C(=O)NC2(C#N)CCCCC2)cc1. The second-order valence-electron chi connectivity index (χ2n) is 7.20. The molecule has 1 atom stereocenters. The van der Waals surface area contributed by atoms with E-state index in [9.17, 15) is 10.1 Å². The van der Waals surface area contributed by atoms with Gasteiger partial charge in [-0.05, 0) is 45.7 Å². The lowest BCUT2D eigenvalue weighted by atomic mass is 9.83. The van der Waals surface area contributed by atoms with Crippen LogP contribution < -0.4 is 5.32 Å². The molecule has 1 N–H and O–H groups in total. The number of amides is 1. The van der Waals surface area contributed by atoms with Crippen LogP contribution in [0.5, 0.6) is 0 Å². The molecule has 1 heterocycles. The molecule has 0 saturated heterocycles. The standard InChI is InChI=1S/C20H25N5OS/c1-14-7-9-17(10-8-14)25-16(3)23-24-19(25)27-15(2)18(26)22-20(13-21)11-5-4-6-12-20/h7-10,15H,4-6,11-12H2,1-3H3,(H,22,26). The number of aromatic nitrogens is 3. The van der Waals surface area contributed by atoms with Gasteiger partial charge in [0.1, 0.15) is 11.4 Å². The number of hydrogen-bond donors (Lipinski definition) is 1. The Morgan fingerprint density at radius 2 is 1.89 bits per heavy atom. The fourth-order valence-electron chi connectivity index (χ4n) is 3.38. The first-order valence-corrected chi connectivity index (χ1v) is 10.2. The van der Waals surface area contributed by atoms with Crippen LogP contribution in [-0.4, -0.2) is 31.5 Å². The summed E-state index contributed by atoms with van der Waals surface area (Å²) in [7, 11) is 0. The predicted molar refractivity (Wildman–Crippen MR) is 106 cm³/mol. The molecule has 0 aliphatic heterocycles. The van der Waals surface area contributed by atoms with E-state index in [1.807, 2.05) is 49.6 Å². The molecule has 1 unspecified atom stereocenters. The van der Waals surface area contributed by atoms with Crippen molar-refractivity contribution in [3.8, 4) is 11.8 Å². The highest BCUT2D eigenvalue weighted by atomic mass is 32.2. The number of rotatable bonds is 5. The molecule has 1 aliphatic rings. The molecule has 27 heavy (non-hydrogen) atoms. The van der Waals surface area contributed by atoms with Gasteiger partial charge in [0.2, 0.25) is 5.91 Å². The Bertz CT molecular complexity index is 846. The molecule has 0 radical (unpaired) electrons. The fourth-order valence-corrected chi connectivity index (χ4v) is 4.29. The van der Waals surface area contributed by atoms with Crippen LogP contribution >= 0.6 is 11.8 Å². The summed E-state index contributed by atoms with van der Waals surface area (Å²) >= 11 is 1.36. The van der Waals surface area contributed by atoms with Crippen LogP contribution in [0.3, 0.4) is 0 Å². The monoisotopic (exact) mass is 383 g/mol. The highest BCUT2D eigenvalue weighted by Crippen LogP contribution is 2.30. The summed E-state index contributed by atoms with van der Waals surface area (Å²) in [5.41, 5.74) is 1.43. The molecule has 6 nitrogen and oxygen atoms in total. The fraction of sp³-hybridized carbons (Fsp3) is 0.500. The molecule has 2 aromatic rings. The van der Waals surface area contributed by atoms with E-state index in [-0.39, 0.29) is 11.2 Å². The Morgan fingerprint density at radius 1 is 1.22 bits per heavy atom. The molecule has 1 fully saturated rings. The van der Waals surface area contributed by atoms with Crippen LogP contribution in [0, 0.1) is 25.2 Å². The van der Waals surface area contributed by atoms with Crippen molar-refractivity contribution in [2.24, 2.45) is 0 Å². The maximum absolute atomic E-state index is 12.7. The molecule has 0 bridgehead atoms. The lowest BCUT2D eigenvalue weighted by Crippen LogP contribution is -2.50. The Morgan fingerprint density at radius 3 is 2.52 bits per heavy atom. The maximum atomic E-state index is 12.7. The van der Waals surface area contributed by atoms with Gasteiger partial charge < -0.3 is 5.32 Å². The molecule has 7 heteroatoms. The first-order valence-electron chi connectivity index (χ1n) is 9.33. The first-order chi connectivity index (χ1) is 12.9. The summed E-state index contributed by atoms with van der Waals surface area (Å²) in [6, 6.07) is 10.5. The van der Waals surface area contributed by atoms with E-state index in [2.05, 4.69) is 21.6 Å². The van der Waals surface area contributed by atoms with Crippen molar-refractivity contribution in [3.63, 3.8) is 0 Å². The topological polar surface area (TPSA) is 83.6 Å². The number of thioether (sulfide) groups is 1. The Balaban J connectivity index is 1.74. The Labute approximate surface area is 164 Å². The highest BCUT2D eigenvalue weighted by Gasteiger charge is 2.35. The van der Waals surface area contributed by atoms with E-state index in [1.165, 1.54) is 17.3 Å². The van der Waals surface area contributed by atoms with Gasteiger partial charge in [0, 0.05) is 5.69 Å². The molecule has 142 valence electrons. The zero-order valence-corrected chi connectivity index (χ0v) is 16.8. The molecule has 1 amide bonds. The molecular formula is C20H25N5OS. The number of nitrogens with zero attached hydrogens (tertiary/aromatic N) is 4.